The molecule has 0 atom stereocenters. The van der Waals surface area contributed by atoms with Gasteiger partial charge in [0.15, 0.2) is 0 Å². The van der Waals surface area contributed by atoms with E-state index in [1.165, 1.54) is 0 Å². The average Bonchev–Trinajstić information content (AvgIpc) is 2.82. The maximum Gasteiger partial charge on any atom is 0.0723 e. The molecule has 0 unspecified atom stereocenters. The van der Waals surface area contributed by atoms with Gasteiger partial charge in [0.25, 0.3) is 0 Å². The molecule has 0 aliphatic rings. The number of nitrogens with zero attached hydrogens (tertiary/aromatic N) is 1. The first-order valence-corrected chi connectivity index (χ1v) is 6.75. The van der Waals surface area contributed by atoms with E-state index < -0.39 is 0 Å². The standard InChI is InChI=1S/C16H19N3O/c1-10-9-13(19(2)7-8-20)16-14(15(10)17)11-5-3-4-6-12(11)18-16/h3-6,9,18,20H,7-8,17H2,1-2H3. The van der Waals surface area contributed by atoms with Gasteiger partial charge in [0.1, 0.15) is 0 Å². The van der Waals surface area contributed by atoms with Crippen LogP contribution in [0.1, 0.15) is 5.56 Å². The van der Waals surface area contributed by atoms with Crippen LogP contribution in [0.2, 0.25) is 0 Å². The second-order valence-corrected chi connectivity index (χ2v) is 5.19. The maximum atomic E-state index is 9.16. The summed E-state index contributed by atoms with van der Waals surface area (Å²) in [5, 5.41) is 11.4. The number of hydrogen-bond acceptors (Lipinski definition) is 3. The molecule has 20 heavy (non-hydrogen) atoms. The van der Waals surface area contributed by atoms with Crippen molar-refractivity contribution >= 4 is 33.2 Å². The molecule has 3 aromatic rings. The molecule has 4 nitrogen and oxygen atoms in total. The molecule has 0 radical (unpaired) electrons. The third-order valence-electron chi connectivity index (χ3n) is 3.86. The minimum atomic E-state index is 0.127. The summed E-state index contributed by atoms with van der Waals surface area (Å²) in [4.78, 5) is 5.50. The molecule has 0 bridgehead atoms. The number of aliphatic hydroxyl groups excluding tert-OH is 1. The predicted octanol–water partition coefficient (Wildman–Crippen LogP) is 2.64. The second kappa shape index (κ2) is 4.72. The second-order valence-electron chi connectivity index (χ2n) is 5.19. The Morgan fingerprint density at radius 1 is 1.30 bits per heavy atom. The maximum absolute atomic E-state index is 9.16. The van der Waals surface area contributed by atoms with Gasteiger partial charge < -0.3 is 20.7 Å². The highest BCUT2D eigenvalue weighted by molar-refractivity contribution is 6.17. The summed E-state index contributed by atoms with van der Waals surface area (Å²) in [6.45, 7) is 2.74. The number of benzene rings is 2. The number of para-hydroxylation sites is 1. The zero-order valence-electron chi connectivity index (χ0n) is 11.8. The first kappa shape index (κ1) is 12.8. The van der Waals surface area contributed by atoms with Gasteiger partial charge in [-0.15, -0.1) is 0 Å². The number of fused-ring (bicyclic) bond motifs is 3. The number of aryl methyl sites for hydroxylation is 1. The SMILES string of the molecule is Cc1cc(N(C)CCO)c2[nH]c3ccccc3c2c1N. The molecule has 3 rings (SSSR count). The Bertz CT molecular complexity index is 776. The normalized spacial score (nSPS) is 11.3. The van der Waals surface area contributed by atoms with Gasteiger partial charge >= 0.3 is 0 Å². The monoisotopic (exact) mass is 269 g/mol. The molecular weight excluding hydrogens is 250 g/mol. The summed E-state index contributed by atoms with van der Waals surface area (Å²) in [7, 11) is 1.98. The van der Waals surface area contributed by atoms with Gasteiger partial charge in [-0.3, -0.25) is 0 Å². The van der Waals surface area contributed by atoms with Crippen molar-refractivity contribution in [2.45, 2.75) is 6.92 Å². The zero-order valence-corrected chi connectivity index (χ0v) is 11.8. The van der Waals surface area contributed by atoms with Crippen LogP contribution >= 0.6 is 0 Å². The van der Waals surface area contributed by atoms with Crippen LogP contribution in [0.25, 0.3) is 21.8 Å². The summed E-state index contributed by atoms with van der Waals surface area (Å²) in [6, 6.07) is 10.2. The van der Waals surface area contributed by atoms with Crippen molar-refractivity contribution in [2.24, 2.45) is 0 Å². The van der Waals surface area contributed by atoms with Gasteiger partial charge in [-0.1, -0.05) is 18.2 Å². The van der Waals surface area contributed by atoms with Crippen molar-refractivity contribution in [1.29, 1.82) is 0 Å². The van der Waals surface area contributed by atoms with Crippen LogP contribution in [0.4, 0.5) is 11.4 Å². The Labute approximate surface area is 117 Å². The highest BCUT2D eigenvalue weighted by atomic mass is 16.3. The molecule has 0 saturated heterocycles. The van der Waals surface area contributed by atoms with E-state index >= 15 is 0 Å². The molecule has 104 valence electrons. The van der Waals surface area contributed by atoms with Crippen LogP contribution in [0.15, 0.2) is 30.3 Å². The summed E-state index contributed by atoms with van der Waals surface area (Å²) in [6.07, 6.45) is 0. The zero-order chi connectivity index (χ0) is 14.3. The predicted molar refractivity (Wildman–Crippen MR) is 85.3 cm³/mol. The van der Waals surface area contributed by atoms with Gasteiger partial charge in [0, 0.05) is 35.6 Å². The lowest BCUT2D eigenvalue weighted by molar-refractivity contribution is 0.304. The van der Waals surface area contributed by atoms with Crippen molar-refractivity contribution in [2.75, 3.05) is 30.8 Å². The first-order chi connectivity index (χ1) is 9.63. The van der Waals surface area contributed by atoms with Crippen molar-refractivity contribution in [1.82, 2.24) is 4.98 Å². The Hall–Kier alpha value is -2.20. The number of aromatic nitrogens is 1. The number of likely N-dealkylation sites (N-methyl/N-ethyl adjacent to an activating group) is 1. The van der Waals surface area contributed by atoms with E-state index in [0.717, 1.165) is 38.7 Å². The van der Waals surface area contributed by atoms with Crippen LogP contribution < -0.4 is 10.6 Å². The number of nitrogen functional groups attached to an aromatic ring is 1. The van der Waals surface area contributed by atoms with E-state index in [-0.39, 0.29) is 6.61 Å². The van der Waals surface area contributed by atoms with E-state index in [1.807, 2.05) is 31.0 Å². The molecule has 0 aliphatic carbocycles. The highest BCUT2D eigenvalue weighted by Crippen LogP contribution is 2.37. The van der Waals surface area contributed by atoms with E-state index in [9.17, 15) is 0 Å². The average molecular weight is 269 g/mol. The molecule has 4 heteroatoms. The van der Waals surface area contributed by atoms with Gasteiger partial charge in [-0.05, 0) is 24.6 Å². The fourth-order valence-corrected chi connectivity index (χ4v) is 2.74. The smallest absolute Gasteiger partial charge is 0.0723 e. The number of anilines is 2. The van der Waals surface area contributed by atoms with Gasteiger partial charge in [-0.2, -0.15) is 0 Å². The third kappa shape index (κ3) is 1.80. The van der Waals surface area contributed by atoms with Gasteiger partial charge in [0.2, 0.25) is 0 Å². The largest absolute Gasteiger partial charge is 0.398 e. The van der Waals surface area contributed by atoms with Crippen molar-refractivity contribution in [3.05, 3.63) is 35.9 Å². The Kier molecular flexibility index (Phi) is 3.03. The summed E-state index contributed by atoms with van der Waals surface area (Å²) in [5.74, 6) is 0. The Morgan fingerprint density at radius 3 is 2.80 bits per heavy atom. The number of aromatic amines is 1. The third-order valence-corrected chi connectivity index (χ3v) is 3.86. The lowest BCUT2D eigenvalue weighted by Crippen LogP contribution is -2.21. The fourth-order valence-electron chi connectivity index (χ4n) is 2.74. The summed E-state index contributed by atoms with van der Waals surface area (Å²) < 4.78 is 0. The molecule has 0 saturated carbocycles. The lowest BCUT2D eigenvalue weighted by atomic mass is 10.1. The minimum absolute atomic E-state index is 0.127. The molecule has 1 heterocycles. The summed E-state index contributed by atoms with van der Waals surface area (Å²) in [5.41, 5.74) is 11.3. The molecule has 4 N–H and O–H groups in total. The van der Waals surface area contributed by atoms with Crippen molar-refractivity contribution in [3.8, 4) is 0 Å². The van der Waals surface area contributed by atoms with Crippen molar-refractivity contribution < 1.29 is 5.11 Å². The first-order valence-electron chi connectivity index (χ1n) is 6.75. The van der Waals surface area contributed by atoms with Crippen LogP contribution in [-0.4, -0.2) is 30.3 Å². The molecular formula is C16H19N3O. The summed E-state index contributed by atoms with van der Waals surface area (Å²) >= 11 is 0. The van der Waals surface area contributed by atoms with Crippen LogP contribution in [-0.2, 0) is 0 Å². The van der Waals surface area contributed by atoms with Crippen LogP contribution in [0.5, 0.6) is 0 Å². The highest BCUT2D eigenvalue weighted by Gasteiger charge is 2.15. The number of hydrogen-bond donors (Lipinski definition) is 3. The topological polar surface area (TPSA) is 65.3 Å². The lowest BCUT2D eigenvalue weighted by Gasteiger charge is -2.20. The molecule has 1 aromatic heterocycles. The quantitative estimate of drug-likeness (QED) is 0.640. The molecule has 0 spiro atoms. The molecule has 2 aromatic carbocycles. The number of aliphatic hydroxyl groups is 1. The Morgan fingerprint density at radius 2 is 2.05 bits per heavy atom. The van der Waals surface area contributed by atoms with Crippen LogP contribution in [0.3, 0.4) is 0 Å². The number of H-pyrrole nitrogens is 1. The van der Waals surface area contributed by atoms with E-state index in [4.69, 9.17) is 10.8 Å². The molecule has 0 fully saturated rings. The van der Waals surface area contributed by atoms with Crippen LogP contribution in [0, 0.1) is 6.92 Å². The van der Waals surface area contributed by atoms with E-state index in [2.05, 4.69) is 23.2 Å². The van der Waals surface area contributed by atoms with Crippen molar-refractivity contribution in [3.63, 3.8) is 0 Å². The molecule has 0 aliphatic heterocycles. The number of nitrogens with one attached hydrogen (secondary N) is 1. The fraction of sp³-hybridized carbons (Fsp3) is 0.250. The Balaban J connectivity index is 2.39. The molecule has 0 amide bonds. The van der Waals surface area contributed by atoms with Gasteiger partial charge in [-0.25, -0.2) is 0 Å². The minimum Gasteiger partial charge on any atom is -0.398 e. The van der Waals surface area contributed by atoms with E-state index in [1.54, 1.807) is 0 Å². The van der Waals surface area contributed by atoms with Gasteiger partial charge in [0.05, 0.1) is 17.8 Å². The number of rotatable bonds is 3. The van der Waals surface area contributed by atoms with E-state index in [0.29, 0.717) is 6.54 Å². The number of nitrogens with two attached hydrogens (primary N) is 1.